The van der Waals surface area contributed by atoms with Gasteiger partial charge in [-0.05, 0) is 42.0 Å². The number of ether oxygens (including phenoxy) is 1. The Hall–Kier alpha value is -4.04. The van der Waals surface area contributed by atoms with Gasteiger partial charge in [0.1, 0.15) is 5.75 Å². The number of hydrogen-bond donors (Lipinski definition) is 0. The maximum absolute atomic E-state index is 13.3. The highest BCUT2D eigenvalue weighted by Gasteiger charge is 2.23. The van der Waals surface area contributed by atoms with Crippen LogP contribution >= 0.6 is 11.6 Å². The van der Waals surface area contributed by atoms with Gasteiger partial charge in [0.15, 0.2) is 0 Å². The number of halogens is 1. The van der Waals surface area contributed by atoms with Crippen molar-refractivity contribution in [2.75, 3.05) is 7.11 Å². The van der Waals surface area contributed by atoms with E-state index < -0.39 is 0 Å². The van der Waals surface area contributed by atoms with Crippen molar-refractivity contribution in [2.24, 2.45) is 0 Å². The summed E-state index contributed by atoms with van der Waals surface area (Å²) in [5.74, 6) is 0.537. The predicted octanol–water partition coefficient (Wildman–Crippen LogP) is 4.42. The molecule has 0 saturated carbocycles. The largest absolute Gasteiger partial charge is 0.497 e. The van der Waals surface area contributed by atoms with Crippen molar-refractivity contribution in [3.05, 3.63) is 89.1 Å². The second-order valence-electron chi connectivity index (χ2n) is 7.00. The van der Waals surface area contributed by atoms with Gasteiger partial charge in [-0.1, -0.05) is 28.9 Å². The highest BCUT2D eigenvalue weighted by Crippen LogP contribution is 2.28. The molecule has 0 aliphatic carbocycles. The molecule has 158 valence electrons. The lowest BCUT2D eigenvalue weighted by Gasteiger charge is -2.06. The minimum absolute atomic E-state index is 0.0687. The first kappa shape index (κ1) is 19.9. The van der Waals surface area contributed by atoms with E-state index in [4.69, 9.17) is 20.9 Å². The first-order valence-electron chi connectivity index (χ1n) is 9.69. The maximum atomic E-state index is 13.3. The summed E-state index contributed by atoms with van der Waals surface area (Å²) in [7, 11) is 1.58. The Morgan fingerprint density at radius 1 is 1.12 bits per heavy atom. The van der Waals surface area contributed by atoms with Crippen molar-refractivity contribution in [2.45, 2.75) is 6.54 Å². The van der Waals surface area contributed by atoms with E-state index >= 15 is 0 Å². The van der Waals surface area contributed by atoms with Gasteiger partial charge in [-0.2, -0.15) is 4.98 Å². The Morgan fingerprint density at radius 2 is 1.91 bits per heavy atom. The minimum atomic E-state index is -0.371. The smallest absolute Gasteiger partial charge is 0.296 e. The molecule has 9 heteroatoms. The van der Waals surface area contributed by atoms with Gasteiger partial charge < -0.3 is 13.8 Å². The lowest BCUT2D eigenvalue weighted by atomic mass is 10.1. The van der Waals surface area contributed by atoms with E-state index in [2.05, 4.69) is 20.1 Å². The summed E-state index contributed by atoms with van der Waals surface area (Å²) < 4.78 is 12.6. The van der Waals surface area contributed by atoms with Crippen LogP contribution < -0.4 is 4.74 Å². The summed E-state index contributed by atoms with van der Waals surface area (Å²) in [6.45, 7) is 0.558. The molecule has 0 bridgehead atoms. The first-order chi connectivity index (χ1) is 15.6. The summed E-state index contributed by atoms with van der Waals surface area (Å²) in [5.41, 5.74) is 2.36. The second-order valence-corrected chi connectivity index (χ2v) is 7.44. The van der Waals surface area contributed by atoms with E-state index in [0.717, 1.165) is 16.5 Å². The quantitative estimate of drug-likeness (QED) is 0.357. The molecule has 0 amide bonds. The number of rotatable bonds is 6. The van der Waals surface area contributed by atoms with Crippen molar-refractivity contribution in [3.8, 4) is 17.5 Å². The van der Waals surface area contributed by atoms with Crippen molar-refractivity contribution < 1.29 is 14.1 Å². The van der Waals surface area contributed by atoms with Crippen LogP contribution in [0.15, 0.2) is 71.6 Å². The standard InChI is InChI=1S/C23H16ClN5O3/c1-31-16-7-8-19-17(11-16)18(13-29(19)12-14-3-5-15(24)6-4-14)20(30)21-27-23(32-28-21)22-25-9-2-10-26-22/h2-11,13H,12H2,1H3. The number of hydrogen-bond acceptors (Lipinski definition) is 7. The summed E-state index contributed by atoms with van der Waals surface area (Å²) >= 11 is 6.01. The highest BCUT2D eigenvalue weighted by molar-refractivity contribution is 6.30. The van der Waals surface area contributed by atoms with Crippen LogP contribution in [0.25, 0.3) is 22.6 Å². The molecule has 0 saturated heterocycles. The average molecular weight is 446 g/mol. The molecule has 0 unspecified atom stereocenters. The van der Waals surface area contributed by atoms with Crippen LogP contribution in [0.5, 0.6) is 5.75 Å². The molecule has 0 spiro atoms. The average Bonchev–Trinajstić information content (AvgIpc) is 3.46. The molecule has 3 heterocycles. The van der Waals surface area contributed by atoms with Crippen LogP contribution in [0.2, 0.25) is 5.02 Å². The van der Waals surface area contributed by atoms with Gasteiger partial charge in [0, 0.05) is 41.1 Å². The molecular weight excluding hydrogens is 430 g/mol. The van der Waals surface area contributed by atoms with Crippen LogP contribution in [-0.2, 0) is 6.54 Å². The molecule has 8 nitrogen and oxygen atoms in total. The number of aromatic nitrogens is 5. The fraction of sp³-hybridized carbons (Fsp3) is 0.0870. The van der Waals surface area contributed by atoms with Crippen molar-refractivity contribution >= 4 is 28.3 Å². The third-order valence-corrected chi connectivity index (χ3v) is 5.24. The van der Waals surface area contributed by atoms with E-state index in [1.165, 1.54) is 0 Å². The molecule has 0 aliphatic rings. The molecule has 3 aromatic heterocycles. The van der Waals surface area contributed by atoms with Gasteiger partial charge in [-0.15, -0.1) is 0 Å². The summed E-state index contributed by atoms with van der Waals surface area (Å²) in [6, 6.07) is 14.8. The number of ketones is 1. The topological polar surface area (TPSA) is 95.9 Å². The predicted molar refractivity (Wildman–Crippen MR) is 118 cm³/mol. The lowest BCUT2D eigenvalue weighted by molar-refractivity contribution is 0.102. The molecular formula is C23H16ClN5O3. The molecule has 0 radical (unpaired) electrons. The number of carbonyl (C=O) groups is 1. The SMILES string of the molecule is COc1ccc2c(c1)c(C(=O)c1noc(-c3ncccn3)n1)cn2Cc1ccc(Cl)cc1. The van der Waals surface area contributed by atoms with Gasteiger partial charge in [-0.3, -0.25) is 4.79 Å². The van der Waals surface area contributed by atoms with Gasteiger partial charge in [0.2, 0.25) is 17.4 Å². The molecule has 0 fully saturated rings. The number of fused-ring (bicyclic) bond motifs is 1. The second kappa shape index (κ2) is 8.24. The normalized spacial score (nSPS) is 11.1. The Morgan fingerprint density at radius 3 is 2.66 bits per heavy atom. The Labute approximate surface area is 187 Å². The minimum Gasteiger partial charge on any atom is -0.497 e. The molecule has 2 aromatic carbocycles. The fourth-order valence-electron chi connectivity index (χ4n) is 3.44. The van der Waals surface area contributed by atoms with Crippen LogP contribution in [0.1, 0.15) is 21.7 Å². The van der Waals surface area contributed by atoms with E-state index in [9.17, 15) is 4.79 Å². The summed E-state index contributed by atoms with van der Waals surface area (Å²) in [4.78, 5) is 25.7. The number of benzene rings is 2. The number of nitrogens with zero attached hydrogens (tertiary/aromatic N) is 5. The van der Waals surface area contributed by atoms with Crippen molar-refractivity contribution in [1.82, 2.24) is 24.7 Å². The zero-order chi connectivity index (χ0) is 22.1. The zero-order valence-electron chi connectivity index (χ0n) is 16.9. The van der Waals surface area contributed by atoms with Crippen LogP contribution in [0, 0.1) is 0 Å². The Kier molecular flexibility index (Phi) is 5.12. The zero-order valence-corrected chi connectivity index (χ0v) is 17.7. The third kappa shape index (κ3) is 3.72. The molecule has 5 rings (SSSR count). The highest BCUT2D eigenvalue weighted by atomic mass is 35.5. The van der Waals surface area contributed by atoms with Gasteiger partial charge in [-0.25, -0.2) is 9.97 Å². The third-order valence-electron chi connectivity index (χ3n) is 4.99. The van der Waals surface area contributed by atoms with Crippen LogP contribution in [0.4, 0.5) is 0 Å². The molecule has 0 atom stereocenters. The first-order valence-corrected chi connectivity index (χ1v) is 10.1. The number of carbonyl (C=O) groups excluding carboxylic acids is 1. The summed E-state index contributed by atoms with van der Waals surface area (Å²) in [5, 5.41) is 5.25. The fourth-order valence-corrected chi connectivity index (χ4v) is 3.56. The molecule has 5 aromatic rings. The van der Waals surface area contributed by atoms with Crippen LogP contribution in [0.3, 0.4) is 0 Å². The Balaban J connectivity index is 1.56. The molecule has 0 N–H and O–H groups in total. The lowest BCUT2D eigenvalue weighted by Crippen LogP contribution is -2.04. The molecule has 0 aliphatic heterocycles. The Bertz CT molecular complexity index is 1410. The van der Waals surface area contributed by atoms with E-state index in [1.54, 1.807) is 31.8 Å². The summed E-state index contributed by atoms with van der Waals surface area (Å²) in [6.07, 6.45) is 4.91. The molecule has 32 heavy (non-hydrogen) atoms. The van der Waals surface area contributed by atoms with Gasteiger partial charge >= 0.3 is 0 Å². The maximum Gasteiger partial charge on any atom is 0.296 e. The van der Waals surface area contributed by atoms with E-state index in [1.807, 2.05) is 47.0 Å². The van der Waals surface area contributed by atoms with E-state index in [0.29, 0.717) is 22.9 Å². The van der Waals surface area contributed by atoms with E-state index in [-0.39, 0.29) is 23.3 Å². The van der Waals surface area contributed by atoms with Crippen molar-refractivity contribution in [3.63, 3.8) is 0 Å². The monoisotopic (exact) mass is 445 g/mol. The number of methoxy groups -OCH3 is 1. The van der Waals surface area contributed by atoms with Crippen LogP contribution in [-0.4, -0.2) is 37.6 Å². The van der Waals surface area contributed by atoms with Gasteiger partial charge in [0.25, 0.3) is 5.89 Å². The van der Waals surface area contributed by atoms with Crippen molar-refractivity contribution in [1.29, 1.82) is 0 Å². The van der Waals surface area contributed by atoms with Gasteiger partial charge in [0.05, 0.1) is 12.7 Å².